The second-order valence-electron chi connectivity index (χ2n) is 4.26. The van der Waals surface area contributed by atoms with E-state index in [4.69, 9.17) is 15.2 Å². The standard InChI is InChI=1S/C14H23NO3/c1-3-17-9-11(2)18-10-14(16)13-6-4-12(8-15)5-7-13/h4-7,11,14,16H,3,8-10,15H2,1-2H3. The number of aliphatic hydroxyl groups excluding tert-OH is 1. The third-order valence-corrected chi connectivity index (χ3v) is 2.70. The normalized spacial score (nSPS) is 14.4. The van der Waals surface area contributed by atoms with Crippen LogP contribution in [0, 0.1) is 0 Å². The predicted molar refractivity (Wildman–Crippen MR) is 71.2 cm³/mol. The van der Waals surface area contributed by atoms with E-state index in [1.54, 1.807) is 0 Å². The van der Waals surface area contributed by atoms with Crippen LogP contribution >= 0.6 is 0 Å². The summed E-state index contributed by atoms with van der Waals surface area (Å²) in [5, 5.41) is 9.96. The Labute approximate surface area is 109 Å². The topological polar surface area (TPSA) is 64.7 Å². The van der Waals surface area contributed by atoms with Gasteiger partial charge in [0.2, 0.25) is 0 Å². The van der Waals surface area contributed by atoms with Crippen LogP contribution in [0.1, 0.15) is 31.1 Å². The predicted octanol–water partition coefficient (Wildman–Crippen LogP) is 1.62. The van der Waals surface area contributed by atoms with E-state index >= 15 is 0 Å². The molecule has 102 valence electrons. The summed E-state index contributed by atoms with van der Waals surface area (Å²) < 4.78 is 10.8. The summed E-state index contributed by atoms with van der Waals surface area (Å²) in [7, 11) is 0. The number of aliphatic hydroxyl groups is 1. The quantitative estimate of drug-likeness (QED) is 0.739. The zero-order valence-electron chi connectivity index (χ0n) is 11.1. The van der Waals surface area contributed by atoms with Crippen LogP contribution in [0.3, 0.4) is 0 Å². The Morgan fingerprint density at radius 3 is 2.44 bits per heavy atom. The Kier molecular flexibility index (Phi) is 6.90. The lowest BCUT2D eigenvalue weighted by Crippen LogP contribution is -2.19. The minimum absolute atomic E-state index is 0.0112. The average molecular weight is 253 g/mol. The molecule has 0 bridgehead atoms. The average Bonchev–Trinajstić information content (AvgIpc) is 2.42. The maximum Gasteiger partial charge on any atom is 0.102 e. The van der Waals surface area contributed by atoms with Gasteiger partial charge in [-0.3, -0.25) is 0 Å². The second kappa shape index (κ2) is 8.21. The zero-order valence-corrected chi connectivity index (χ0v) is 11.1. The van der Waals surface area contributed by atoms with Crippen molar-refractivity contribution in [2.75, 3.05) is 19.8 Å². The lowest BCUT2D eigenvalue weighted by atomic mass is 10.1. The van der Waals surface area contributed by atoms with Crippen molar-refractivity contribution in [1.82, 2.24) is 0 Å². The third-order valence-electron chi connectivity index (χ3n) is 2.70. The summed E-state index contributed by atoms with van der Waals surface area (Å²) in [6.07, 6.45) is -0.621. The molecule has 0 fully saturated rings. The molecule has 0 aromatic heterocycles. The molecule has 0 aliphatic heterocycles. The smallest absolute Gasteiger partial charge is 0.102 e. The van der Waals surface area contributed by atoms with Crippen LogP contribution < -0.4 is 5.73 Å². The number of benzene rings is 1. The SMILES string of the molecule is CCOCC(C)OCC(O)c1ccc(CN)cc1. The summed E-state index contributed by atoms with van der Waals surface area (Å²) in [6.45, 7) is 5.89. The van der Waals surface area contributed by atoms with Crippen molar-refractivity contribution in [2.24, 2.45) is 5.73 Å². The van der Waals surface area contributed by atoms with E-state index in [0.29, 0.717) is 19.8 Å². The molecule has 2 atom stereocenters. The molecule has 4 heteroatoms. The van der Waals surface area contributed by atoms with Gasteiger partial charge in [-0.2, -0.15) is 0 Å². The molecule has 0 radical (unpaired) electrons. The molecule has 1 aromatic carbocycles. The number of rotatable bonds is 8. The fraction of sp³-hybridized carbons (Fsp3) is 0.571. The van der Waals surface area contributed by atoms with Gasteiger partial charge >= 0.3 is 0 Å². The van der Waals surface area contributed by atoms with Gasteiger partial charge in [-0.15, -0.1) is 0 Å². The van der Waals surface area contributed by atoms with Gasteiger partial charge in [0.1, 0.15) is 6.10 Å². The van der Waals surface area contributed by atoms with Crippen molar-refractivity contribution in [3.05, 3.63) is 35.4 Å². The van der Waals surface area contributed by atoms with Gasteiger partial charge in [-0.05, 0) is 25.0 Å². The van der Waals surface area contributed by atoms with E-state index in [2.05, 4.69) is 0 Å². The Morgan fingerprint density at radius 1 is 1.22 bits per heavy atom. The Morgan fingerprint density at radius 2 is 1.89 bits per heavy atom. The van der Waals surface area contributed by atoms with E-state index in [9.17, 15) is 5.11 Å². The van der Waals surface area contributed by atoms with Gasteiger partial charge in [0.05, 0.1) is 19.3 Å². The second-order valence-corrected chi connectivity index (χ2v) is 4.26. The van der Waals surface area contributed by atoms with Gasteiger partial charge in [-0.1, -0.05) is 24.3 Å². The molecule has 2 unspecified atom stereocenters. The van der Waals surface area contributed by atoms with Crippen molar-refractivity contribution < 1.29 is 14.6 Å². The number of ether oxygens (including phenoxy) is 2. The van der Waals surface area contributed by atoms with Gasteiger partial charge in [0.25, 0.3) is 0 Å². The highest BCUT2D eigenvalue weighted by molar-refractivity contribution is 5.23. The lowest BCUT2D eigenvalue weighted by molar-refractivity contribution is -0.0395. The minimum atomic E-state index is -0.610. The van der Waals surface area contributed by atoms with Crippen LogP contribution in [-0.4, -0.2) is 31.0 Å². The van der Waals surface area contributed by atoms with Crippen molar-refractivity contribution in [2.45, 2.75) is 32.6 Å². The Bertz CT molecular complexity index is 326. The highest BCUT2D eigenvalue weighted by atomic mass is 16.5. The molecule has 0 saturated heterocycles. The molecule has 0 heterocycles. The molecule has 0 aliphatic carbocycles. The van der Waals surface area contributed by atoms with E-state index < -0.39 is 6.10 Å². The lowest BCUT2D eigenvalue weighted by Gasteiger charge is -2.16. The Balaban J connectivity index is 2.37. The fourth-order valence-corrected chi connectivity index (χ4v) is 1.56. The number of hydrogen-bond donors (Lipinski definition) is 2. The maximum absolute atomic E-state index is 9.96. The minimum Gasteiger partial charge on any atom is -0.386 e. The highest BCUT2D eigenvalue weighted by Gasteiger charge is 2.10. The van der Waals surface area contributed by atoms with E-state index in [-0.39, 0.29) is 12.7 Å². The third kappa shape index (κ3) is 5.14. The van der Waals surface area contributed by atoms with Gasteiger partial charge in [0, 0.05) is 13.2 Å². The van der Waals surface area contributed by atoms with Gasteiger partial charge < -0.3 is 20.3 Å². The van der Waals surface area contributed by atoms with Crippen molar-refractivity contribution in [1.29, 1.82) is 0 Å². The van der Waals surface area contributed by atoms with Crippen LogP contribution in [0.4, 0.5) is 0 Å². The first-order chi connectivity index (χ1) is 8.67. The first-order valence-electron chi connectivity index (χ1n) is 6.33. The molecule has 0 saturated carbocycles. The molecule has 4 nitrogen and oxygen atoms in total. The molecule has 3 N–H and O–H groups in total. The first kappa shape index (κ1) is 15.1. The van der Waals surface area contributed by atoms with E-state index in [1.165, 1.54) is 0 Å². The Hall–Kier alpha value is -0.940. The molecule has 0 spiro atoms. The number of nitrogens with two attached hydrogens (primary N) is 1. The molecule has 0 aliphatic rings. The molecule has 1 aromatic rings. The summed E-state index contributed by atoms with van der Waals surface area (Å²) in [5.41, 5.74) is 7.42. The molecule has 0 amide bonds. The highest BCUT2D eigenvalue weighted by Crippen LogP contribution is 2.14. The van der Waals surface area contributed by atoms with E-state index in [1.807, 2.05) is 38.1 Å². The summed E-state index contributed by atoms with van der Waals surface area (Å²) in [6, 6.07) is 7.59. The summed E-state index contributed by atoms with van der Waals surface area (Å²) >= 11 is 0. The van der Waals surface area contributed by atoms with Crippen LogP contribution in [-0.2, 0) is 16.0 Å². The van der Waals surface area contributed by atoms with E-state index in [0.717, 1.165) is 11.1 Å². The van der Waals surface area contributed by atoms with Crippen LogP contribution in [0.25, 0.3) is 0 Å². The fourth-order valence-electron chi connectivity index (χ4n) is 1.56. The summed E-state index contributed by atoms with van der Waals surface area (Å²) in [5.74, 6) is 0. The van der Waals surface area contributed by atoms with Crippen LogP contribution in [0.5, 0.6) is 0 Å². The number of hydrogen-bond acceptors (Lipinski definition) is 4. The van der Waals surface area contributed by atoms with Gasteiger partial charge in [-0.25, -0.2) is 0 Å². The monoisotopic (exact) mass is 253 g/mol. The molecule has 18 heavy (non-hydrogen) atoms. The zero-order chi connectivity index (χ0) is 13.4. The first-order valence-corrected chi connectivity index (χ1v) is 6.33. The molecular weight excluding hydrogens is 230 g/mol. The molecule has 1 rings (SSSR count). The van der Waals surface area contributed by atoms with Crippen molar-refractivity contribution in [3.63, 3.8) is 0 Å². The van der Waals surface area contributed by atoms with Crippen molar-refractivity contribution >= 4 is 0 Å². The summed E-state index contributed by atoms with van der Waals surface area (Å²) in [4.78, 5) is 0. The van der Waals surface area contributed by atoms with Crippen molar-refractivity contribution in [3.8, 4) is 0 Å². The maximum atomic E-state index is 9.96. The van der Waals surface area contributed by atoms with Crippen LogP contribution in [0.2, 0.25) is 0 Å². The van der Waals surface area contributed by atoms with Gasteiger partial charge in [0.15, 0.2) is 0 Å². The molecular formula is C14H23NO3. The largest absolute Gasteiger partial charge is 0.386 e. The van der Waals surface area contributed by atoms with Crippen LogP contribution in [0.15, 0.2) is 24.3 Å².